The predicted molar refractivity (Wildman–Crippen MR) is 142 cm³/mol. The van der Waals surface area contributed by atoms with Gasteiger partial charge in [0.25, 0.3) is 5.56 Å². The van der Waals surface area contributed by atoms with E-state index >= 15 is 0 Å². The Bertz CT molecular complexity index is 1700. The molecule has 3 heterocycles. The van der Waals surface area contributed by atoms with E-state index in [1.54, 1.807) is 12.1 Å². The van der Waals surface area contributed by atoms with Crippen molar-refractivity contribution in [3.05, 3.63) is 112 Å². The second-order valence-corrected chi connectivity index (χ2v) is 8.64. The van der Waals surface area contributed by atoms with Gasteiger partial charge < -0.3 is 14.5 Å². The average Bonchev–Trinajstić information content (AvgIpc) is 3.39. The van der Waals surface area contributed by atoms with E-state index in [2.05, 4.69) is 32.2 Å². The van der Waals surface area contributed by atoms with Gasteiger partial charge in [-0.25, -0.2) is 10.5 Å². The van der Waals surface area contributed by atoms with Crippen LogP contribution in [0.1, 0.15) is 16.8 Å². The van der Waals surface area contributed by atoms with Crippen LogP contribution < -0.4 is 26.1 Å². The van der Waals surface area contributed by atoms with Gasteiger partial charge in [-0.2, -0.15) is 0 Å². The molecular weight excluding hydrogens is 468 g/mol. The summed E-state index contributed by atoms with van der Waals surface area (Å²) in [5.41, 5.74) is 9.47. The van der Waals surface area contributed by atoms with Crippen molar-refractivity contribution >= 4 is 27.6 Å². The number of hydrazine groups is 2. The average molecular weight is 493 g/mol. The van der Waals surface area contributed by atoms with E-state index in [1.807, 2.05) is 78.9 Å². The third kappa shape index (κ3) is 4.67. The quantitative estimate of drug-likeness (QED) is 0.317. The summed E-state index contributed by atoms with van der Waals surface area (Å²) in [7, 11) is 1.61. The number of nitrogens with zero attached hydrogens (tertiary/aromatic N) is 3. The van der Waals surface area contributed by atoms with Gasteiger partial charge in [-0.3, -0.25) is 9.80 Å². The molecule has 0 aliphatic carbocycles. The summed E-state index contributed by atoms with van der Waals surface area (Å²) in [6, 6.07) is 27.2. The summed E-state index contributed by atoms with van der Waals surface area (Å²) in [5.74, 6) is 1.93. The van der Waals surface area contributed by atoms with E-state index in [1.165, 1.54) is 0 Å². The van der Waals surface area contributed by atoms with Gasteiger partial charge in [0.15, 0.2) is 5.84 Å². The number of methoxy groups -OCH3 is 1. The van der Waals surface area contributed by atoms with Gasteiger partial charge >= 0.3 is 0 Å². The van der Waals surface area contributed by atoms with Crippen LogP contribution >= 0.6 is 0 Å². The molecule has 9 nitrogen and oxygen atoms in total. The highest BCUT2D eigenvalue weighted by Crippen LogP contribution is 2.21. The number of hydrazone groups is 1. The van der Waals surface area contributed by atoms with Crippen molar-refractivity contribution in [2.24, 2.45) is 5.10 Å². The van der Waals surface area contributed by atoms with Crippen LogP contribution in [-0.2, 0) is 13.2 Å². The van der Waals surface area contributed by atoms with Gasteiger partial charge in [-0.15, -0.1) is 10.6 Å². The zero-order valence-corrected chi connectivity index (χ0v) is 20.1. The lowest BCUT2D eigenvalue weighted by molar-refractivity contribution is 0.284. The number of ether oxygens (including phenoxy) is 2. The van der Waals surface area contributed by atoms with Crippen molar-refractivity contribution in [2.45, 2.75) is 13.2 Å². The fraction of sp³-hybridized carbons (Fsp3) is 0.107. The monoisotopic (exact) mass is 492 g/mol. The minimum Gasteiger partial charge on any atom is -0.497 e. The lowest BCUT2D eigenvalue weighted by atomic mass is 10.1. The van der Waals surface area contributed by atoms with Crippen molar-refractivity contribution < 1.29 is 9.47 Å². The molecule has 1 aliphatic heterocycles. The molecule has 184 valence electrons. The number of benzene rings is 3. The number of aromatic amines is 1. The number of pyridine rings is 2. The maximum absolute atomic E-state index is 12.9. The van der Waals surface area contributed by atoms with Gasteiger partial charge in [0.2, 0.25) is 0 Å². The van der Waals surface area contributed by atoms with E-state index in [0.29, 0.717) is 30.3 Å². The number of para-hydroxylation sites is 1. The van der Waals surface area contributed by atoms with Crippen LogP contribution in [0.25, 0.3) is 21.8 Å². The van der Waals surface area contributed by atoms with Gasteiger partial charge in [0.1, 0.15) is 18.1 Å². The van der Waals surface area contributed by atoms with Crippen LogP contribution in [0.5, 0.6) is 11.5 Å². The summed E-state index contributed by atoms with van der Waals surface area (Å²) in [5, 5.41) is 8.03. The Kier molecular flexibility index (Phi) is 5.88. The fourth-order valence-corrected chi connectivity index (χ4v) is 4.31. The standard InChI is InChI=1S/C28H24N6O3/c1-36-22-11-12-26-20(14-22)15-24(28(35)30-26)27-31-32-33-34(27)16-18-5-4-7-23(13-18)37-17-21-10-9-19-6-2-3-8-25(19)29-21/h2-15,32-33H,16-17H2,1H3,(H,30,35). The van der Waals surface area contributed by atoms with E-state index < -0.39 is 0 Å². The normalized spacial score (nSPS) is 13.0. The molecule has 3 aromatic carbocycles. The number of hydrogen-bond acceptors (Lipinski definition) is 8. The predicted octanol–water partition coefficient (Wildman–Crippen LogP) is 3.85. The molecule has 1 aliphatic rings. The first-order valence-corrected chi connectivity index (χ1v) is 11.8. The van der Waals surface area contributed by atoms with Crippen LogP contribution in [0.3, 0.4) is 0 Å². The molecule has 0 spiro atoms. The van der Waals surface area contributed by atoms with Crippen molar-refractivity contribution in [2.75, 3.05) is 7.11 Å². The number of H-pyrrole nitrogens is 1. The Labute approximate surface area is 212 Å². The maximum atomic E-state index is 12.9. The van der Waals surface area contributed by atoms with E-state index in [-0.39, 0.29) is 5.56 Å². The molecule has 6 rings (SSSR count). The number of nitrogens with one attached hydrogen (secondary N) is 3. The summed E-state index contributed by atoms with van der Waals surface area (Å²) in [6.45, 7) is 0.813. The molecule has 2 aromatic heterocycles. The lowest BCUT2D eigenvalue weighted by Crippen LogP contribution is -2.42. The Morgan fingerprint density at radius 1 is 0.892 bits per heavy atom. The smallest absolute Gasteiger partial charge is 0.259 e. The maximum Gasteiger partial charge on any atom is 0.259 e. The van der Waals surface area contributed by atoms with Gasteiger partial charge in [0.05, 0.1) is 30.4 Å². The minimum absolute atomic E-state index is 0.230. The number of aromatic nitrogens is 2. The Balaban J connectivity index is 1.19. The first-order chi connectivity index (χ1) is 18.2. The molecule has 0 saturated carbocycles. The van der Waals surface area contributed by atoms with E-state index in [4.69, 9.17) is 9.47 Å². The third-order valence-electron chi connectivity index (χ3n) is 6.18. The Morgan fingerprint density at radius 3 is 2.73 bits per heavy atom. The second-order valence-electron chi connectivity index (χ2n) is 8.64. The highest BCUT2D eigenvalue weighted by molar-refractivity contribution is 6.01. The largest absolute Gasteiger partial charge is 0.497 e. The molecule has 37 heavy (non-hydrogen) atoms. The molecular formula is C28H24N6O3. The molecule has 0 radical (unpaired) electrons. The highest BCUT2D eigenvalue weighted by Gasteiger charge is 2.22. The minimum atomic E-state index is -0.230. The Hall–Kier alpha value is -4.89. The van der Waals surface area contributed by atoms with Gasteiger partial charge in [-0.05, 0) is 54.1 Å². The fourth-order valence-electron chi connectivity index (χ4n) is 4.31. The van der Waals surface area contributed by atoms with Crippen LogP contribution in [0.15, 0.2) is 94.8 Å². The van der Waals surface area contributed by atoms with E-state index in [9.17, 15) is 4.79 Å². The van der Waals surface area contributed by atoms with Crippen LogP contribution in [0.2, 0.25) is 0 Å². The third-order valence-corrected chi connectivity index (χ3v) is 6.18. The topological polar surface area (TPSA) is 104 Å². The summed E-state index contributed by atoms with van der Waals surface area (Å²) in [6.07, 6.45) is 0. The molecule has 0 amide bonds. The number of hydrogen-bond donors (Lipinski definition) is 3. The molecule has 0 bridgehead atoms. The molecule has 0 atom stereocenters. The number of rotatable bonds is 7. The first-order valence-electron chi connectivity index (χ1n) is 11.8. The molecule has 5 aromatic rings. The summed E-state index contributed by atoms with van der Waals surface area (Å²) >= 11 is 0. The number of amidine groups is 1. The van der Waals surface area contributed by atoms with E-state index in [0.717, 1.165) is 38.8 Å². The molecule has 0 saturated heterocycles. The summed E-state index contributed by atoms with van der Waals surface area (Å²) in [4.78, 5) is 20.4. The van der Waals surface area contributed by atoms with Crippen molar-refractivity contribution in [1.82, 2.24) is 26.0 Å². The van der Waals surface area contributed by atoms with Gasteiger partial charge in [-0.1, -0.05) is 36.4 Å². The van der Waals surface area contributed by atoms with Crippen molar-refractivity contribution in [3.8, 4) is 11.5 Å². The zero-order valence-electron chi connectivity index (χ0n) is 20.1. The molecule has 9 heteroatoms. The van der Waals surface area contributed by atoms with Crippen molar-refractivity contribution in [1.29, 1.82) is 0 Å². The van der Waals surface area contributed by atoms with Crippen LogP contribution in [-0.4, -0.2) is 27.9 Å². The van der Waals surface area contributed by atoms with Crippen molar-refractivity contribution in [3.63, 3.8) is 0 Å². The molecule has 0 unspecified atom stereocenters. The van der Waals surface area contributed by atoms with Crippen LogP contribution in [0, 0.1) is 0 Å². The van der Waals surface area contributed by atoms with Crippen LogP contribution in [0.4, 0.5) is 0 Å². The SMILES string of the molecule is COc1ccc2[nH]c(=O)c(C3=NNNN3Cc3cccc(OCc4ccc5ccccc5n4)c3)cc2c1. The van der Waals surface area contributed by atoms with Gasteiger partial charge in [0, 0.05) is 16.3 Å². The first kappa shape index (κ1) is 22.6. The second kappa shape index (κ2) is 9.63. The Morgan fingerprint density at radius 2 is 1.81 bits per heavy atom. The molecule has 3 N–H and O–H groups in total. The lowest BCUT2D eigenvalue weighted by Gasteiger charge is -2.19. The zero-order chi connectivity index (χ0) is 25.2. The number of fused-ring (bicyclic) bond motifs is 2. The molecule has 0 fully saturated rings. The highest BCUT2D eigenvalue weighted by atomic mass is 16.5. The summed E-state index contributed by atoms with van der Waals surface area (Å²) < 4.78 is 11.4.